The minimum atomic E-state index is -0.0140. The monoisotopic (exact) mass is 342 g/mol. The third kappa shape index (κ3) is 3.90. The lowest BCUT2D eigenvalue weighted by atomic mass is 9.72. The fraction of sp³-hybridized carbons (Fsp3) is 0.571. The summed E-state index contributed by atoms with van der Waals surface area (Å²) >= 11 is 0. The number of ether oxygens (including phenoxy) is 1. The largest absolute Gasteiger partial charge is 0.497 e. The van der Waals surface area contributed by atoms with Gasteiger partial charge in [0, 0.05) is 17.0 Å². The number of hydrogen-bond acceptors (Lipinski definition) is 3. The molecule has 1 fully saturated rings. The van der Waals surface area contributed by atoms with Crippen LogP contribution in [0.15, 0.2) is 29.1 Å². The van der Waals surface area contributed by atoms with Gasteiger partial charge in [-0.25, -0.2) is 0 Å². The number of rotatable bonds is 6. The topological polar surface area (TPSA) is 54.1 Å². The highest BCUT2D eigenvalue weighted by Crippen LogP contribution is 2.34. The van der Waals surface area contributed by atoms with Crippen molar-refractivity contribution in [3.8, 4) is 5.75 Å². The molecule has 0 saturated carbocycles. The lowest BCUT2D eigenvalue weighted by molar-refractivity contribution is 0.164. The number of pyridine rings is 1. The van der Waals surface area contributed by atoms with Gasteiger partial charge in [-0.15, -0.1) is 0 Å². The Hall–Kier alpha value is -1.81. The Bertz CT molecular complexity index is 768. The standard InChI is InChI=1S/C21H30N2O2/c1-4-14(18-8-9-22-13-15(18)5-2)10-16-11-21(24)23-20-7-6-17(25-3)12-19(16)20/h6-7,11-12,14-15,18,22H,4-5,8-10,13H2,1-3H3,(H,23,24). The van der Waals surface area contributed by atoms with Gasteiger partial charge in [-0.05, 0) is 67.4 Å². The zero-order valence-electron chi connectivity index (χ0n) is 15.6. The Morgan fingerprint density at radius 3 is 2.84 bits per heavy atom. The number of aromatic nitrogens is 1. The molecule has 2 heterocycles. The van der Waals surface area contributed by atoms with Gasteiger partial charge in [-0.1, -0.05) is 26.7 Å². The second-order valence-electron chi connectivity index (χ2n) is 7.27. The van der Waals surface area contributed by atoms with Gasteiger partial charge in [0.25, 0.3) is 0 Å². The van der Waals surface area contributed by atoms with Gasteiger partial charge in [0.15, 0.2) is 0 Å². The molecule has 1 aliphatic rings. The molecule has 3 atom stereocenters. The van der Waals surface area contributed by atoms with Crippen LogP contribution in [0.2, 0.25) is 0 Å². The first-order chi connectivity index (χ1) is 12.2. The number of H-pyrrole nitrogens is 1. The maximum absolute atomic E-state index is 12.1. The van der Waals surface area contributed by atoms with E-state index in [4.69, 9.17) is 4.74 Å². The number of nitrogens with one attached hydrogen (secondary N) is 2. The van der Waals surface area contributed by atoms with Crippen molar-refractivity contribution in [3.63, 3.8) is 0 Å². The molecule has 2 aromatic rings. The molecular weight excluding hydrogens is 312 g/mol. The van der Waals surface area contributed by atoms with Crippen LogP contribution in [-0.4, -0.2) is 25.2 Å². The van der Waals surface area contributed by atoms with Crippen molar-refractivity contribution in [2.45, 2.75) is 39.5 Å². The summed E-state index contributed by atoms with van der Waals surface area (Å²) < 4.78 is 5.39. The molecular formula is C21H30N2O2. The number of aromatic amines is 1. The van der Waals surface area contributed by atoms with Crippen LogP contribution >= 0.6 is 0 Å². The van der Waals surface area contributed by atoms with Crippen molar-refractivity contribution >= 4 is 10.9 Å². The number of benzene rings is 1. The van der Waals surface area contributed by atoms with E-state index in [1.807, 2.05) is 18.2 Å². The van der Waals surface area contributed by atoms with E-state index < -0.39 is 0 Å². The molecule has 3 rings (SSSR count). The zero-order chi connectivity index (χ0) is 17.8. The summed E-state index contributed by atoms with van der Waals surface area (Å²) in [7, 11) is 1.68. The molecule has 4 nitrogen and oxygen atoms in total. The predicted octanol–water partition coefficient (Wildman–Crippen LogP) is 3.74. The van der Waals surface area contributed by atoms with E-state index in [1.54, 1.807) is 13.2 Å². The van der Waals surface area contributed by atoms with Gasteiger partial charge in [0.2, 0.25) is 5.56 Å². The van der Waals surface area contributed by atoms with Crippen molar-refractivity contribution in [1.29, 1.82) is 0 Å². The first-order valence-corrected chi connectivity index (χ1v) is 9.56. The second kappa shape index (κ2) is 8.05. The van der Waals surface area contributed by atoms with Crippen LogP contribution in [0.4, 0.5) is 0 Å². The molecule has 0 radical (unpaired) electrons. The highest BCUT2D eigenvalue weighted by atomic mass is 16.5. The minimum Gasteiger partial charge on any atom is -0.497 e. The van der Waals surface area contributed by atoms with Gasteiger partial charge in [-0.3, -0.25) is 4.79 Å². The maximum Gasteiger partial charge on any atom is 0.248 e. The van der Waals surface area contributed by atoms with Crippen LogP contribution in [0.5, 0.6) is 5.75 Å². The third-order valence-corrected chi connectivity index (χ3v) is 5.94. The molecule has 0 aliphatic carbocycles. The van der Waals surface area contributed by atoms with Gasteiger partial charge >= 0.3 is 0 Å². The Labute approximate surface area is 150 Å². The summed E-state index contributed by atoms with van der Waals surface area (Å²) in [6.45, 7) is 6.82. The lowest BCUT2D eigenvalue weighted by Gasteiger charge is -2.37. The highest BCUT2D eigenvalue weighted by molar-refractivity contribution is 5.83. The van der Waals surface area contributed by atoms with Gasteiger partial charge in [0.1, 0.15) is 5.75 Å². The predicted molar refractivity (Wildman–Crippen MR) is 103 cm³/mol. The highest BCUT2D eigenvalue weighted by Gasteiger charge is 2.30. The Morgan fingerprint density at radius 1 is 1.28 bits per heavy atom. The van der Waals surface area contributed by atoms with Crippen LogP contribution in [-0.2, 0) is 6.42 Å². The summed E-state index contributed by atoms with van der Waals surface area (Å²) in [4.78, 5) is 15.1. The van der Waals surface area contributed by atoms with Crippen molar-refractivity contribution < 1.29 is 4.74 Å². The van der Waals surface area contributed by atoms with E-state index in [2.05, 4.69) is 24.1 Å². The summed E-state index contributed by atoms with van der Waals surface area (Å²) in [5.74, 6) is 2.92. The quantitative estimate of drug-likeness (QED) is 0.841. The molecule has 1 aromatic carbocycles. The smallest absolute Gasteiger partial charge is 0.248 e. The van der Waals surface area contributed by atoms with Crippen molar-refractivity contribution in [2.24, 2.45) is 17.8 Å². The van der Waals surface area contributed by atoms with E-state index in [0.717, 1.165) is 60.0 Å². The molecule has 2 N–H and O–H groups in total. The number of fused-ring (bicyclic) bond motifs is 1. The van der Waals surface area contributed by atoms with E-state index >= 15 is 0 Å². The summed E-state index contributed by atoms with van der Waals surface area (Å²) in [5, 5.41) is 4.65. The number of piperidine rings is 1. The number of methoxy groups -OCH3 is 1. The normalized spacial score (nSPS) is 22.0. The van der Waals surface area contributed by atoms with Gasteiger partial charge in [-0.2, -0.15) is 0 Å². The van der Waals surface area contributed by atoms with Crippen molar-refractivity contribution in [2.75, 3.05) is 20.2 Å². The molecule has 3 unspecified atom stereocenters. The Balaban J connectivity index is 1.95. The van der Waals surface area contributed by atoms with Crippen LogP contribution in [0.25, 0.3) is 10.9 Å². The number of hydrogen-bond donors (Lipinski definition) is 2. The zero-order valence-corrected chi connectivity index (χ0v) is 15.6. The molecule has 25 heavy (non-hydrogen) atoms. The Morgan fingerprint density at radius 2 is 2.12 bits per heavy atom. The van der Waals surface area contributed by atoms with Crippen LogP contribution in [0.3, 0.4) is 0 Å². The fourth-order valence-corrected chi connectivity index (χ4v) is 4.49. The maximum atomic E-state index is 12.1. The summed E-state index contributed by atoms with van der Waals surface area (Å²) in [6, 6.07) is 7.68. The van der Waals surface area contributed by atoms with Crippen LogP contribution < -0.4 is 15.6 Å². The van der Waals surface area contributed by atoms with Gasteiger partial charge < -0.3 is 15.0 Å². The first-order valence-electron chi connectivity index (χ1n) is 9.56. The first kappa shape index (κ1) is 18.0. The van der Waals surface area contributed by atoms with E-state index in [-0.39, 0.29) is 5.56 Å². The second-order valence-corrected chi connectivity index (χ2v) is 7.27. The molecule has 0 spiro atoms. The summed E-state index contributed by atoms with van der Waals surface area (Å²) in [5.41, 5.74) is 2.04. The van der Waals surface area contributed by atoms with E-state index in [1.165, 1.54) is 12.8 Å². The van der Waals surface area contributed by atoms with E-state index in [9.17, 15) is 4.79 Å². The molecule has 1 saturated heterocycles. The van der Waals surface area contributed by atoms with Crippen LogP contribution in [0.1, 0.15) is 38.7 Å². The molecule has 1 aliphatic heterocycles. The molecule has 136 valence electrons. The van der Waals surface area contributed by atoms with Crippen molar-refractivity contribution in [1.82, 2.24) is 10.3 Å². The molecule has 0 amide bonds. The average Bonchev–Trinajstić information content (AvgIpc) is 2.65. The average molecular weight is 342 g/mol. The fourth-order valence-electron chi connectivity index (χ4n) is 4.49. The summed E-state index contributed by atoms with van der Waals surface area (Å²) in [6.07, 6.45) is 4.57. The van der Waals surface area contributed by atoms with Gasteiger partial charge in [0.05, 0.1) is 7.11 Å². The SMILES string of the molecule is CCC1CNCCC1C(CC)Cc1cc(=O)[nH]c2ccc(OC)cc12. The van der Waals surface area contributed by atoms with Crippen molar-refractivity contribution in [3.05, 3.63) is 40.2 Å². The Kier molecular flexibility index (Phi) is 5.79. The minimum absolute atomic E-state index is 0.0140. The third-order valence-electron chi connectivity index (χ3n) is 5.94. The molecule has 0 bridgehead atoms. The molecule has 4 heteroatoms. The van der Waals surface area contributed by atoms with Crippen LogP contribution in [0, 0.1) is 17.8 Å². The van der Waals surface area contributed by atoms with E-state index in [0.29, 0.717) is 5.92 Å². The lowest BCUT2D eigenvalue weighted by Crippen LogP contribution is -2.40. The molecule has 1 aromatic heterocycles.